The number of nitrogens with zero attached hydrogens (tertiary/aromatic N) is 1. The van der Waals surface area contributed by atoms with Gasteiger partial charge in [-0.15, -0.1) is 0 Å². The number of H-pyrrole nitrogens is 1. The van der Waals surface area contributed by atoms with Crippen molar-refractivity contribution in [2.24, 2.45) is 5.73 Å². The highest BCUT2D eigenvalue weighted by Gasteiger charge is 2.37. The van der Waals surface area contributed by atoms with Crippen LogP contribution < -0.4 is 5.73 Å². The molecule has 1 fully saturated rings. The minimum atomic E-state index is -0.627. The summed E-state index contributed by atoms with van der Waals surface area (Å²) in [6, 6.07) is 2.13. The van der Waals surface area contributed by atoms with Gasteiger partial charge in [0, 0.05) is 18.0 Å². The normalized spacial score (nSPS) is 18.6. The van der Waals surface area contributed by atoms with E-state index in [9.17, 15) is 8.78 Å². The first-order valence-electron chi connectivity index (χ1n) is 6.20. The van der Waals surface area contributed by atoms with Crippen molar-refractivity contribution in [1.82, 2.24) is 9.97 Å². The molecule has 1 aromatic carbocycles. The van der Waals surface area contributed by atoms with Gasteiger partial charge in [-0.2, -0.15) is 0 Å². The van der Waals surface area contributed by atoms with Crippen LogP contribution in [-0.2, 0) is 5.41 Å². The average Bonchev–Trinajstić information content (AvgIpc) is 2.94. The second-order valence-electron chi connectivity index (χ2n) is 5.06. The summed E-state index contributed by atoms with van der Waals surface area (Å²) in [7, 11) is 0. The molecule has 1 aliphatic carbocycles. The Hall–Kier alpha value is -1.49. The average molecular weight is 251 g/mol. The Kier molecular flexibility index (Phi) is 2.59. The van der Waals surface area contributed by atoms with Gasteiger partial charge in [-0.05, 0) is 18.9 Å². The zero-order chi connectivity index (χ0) is 12.8. The molecule has 0 aliphatic heterocycles. The fraction of sp³-hybridized carbons (Fsp3) is 0.462. The lowest BCUT2D eigenvalue weighted by Crippen LogP contribution is -2.33. The number of hydrogen-bond acceptors (Lipinski definition) is 2. The third-order valence-corrected chi connectivity index (χ3v) is 3.96. The number of benzene rings is 1. The highest BCUT2D eigenvalue weighted by Crippen LogP contribution is 2.39. The molecule has 1 saturated carbocycles. The lowest BCUT2D eigenvalue weighted by atomic mass is 9.85. The molecule has 0 spiro atoms. The van der Waals surface area contributed by atoms with Gasteiger partial charge in [-0.1, -0.05) is 12.8 Å². The number of aromatic amines is 1. The standard InChI is InChI=1S/C13H15F2N3/c14-8-5-9(15)11-10(6-8)17-12(18-11)13(7-16)3-1-2-4-13/h5-6H,1-4,7,16H2,(H,17,18). The summed E-state index contributed by atoms with van der Waals surface area (Å²) in [5.74, 6) is -0.525. The molecule has 1 aromatic heterocycles. The van der Waals surface area contributed by atoms with Crippen LogP contribution in [0.5, 0.6) is 0 Å². The predicted octanol–water partition coefficient (Wildman–Crippen LogP) is 2.61. The van der Waals surface area contributed by atoms with E-state index in [2.05, 4.69) is 9.97 Å². The number of imidazole rings is 1. The summed E-state index contributed by atoms with van der Waals surface area (Å²) in [6.07, 6.45) is 4.11. The summed E-state index contributed by atoms with van der Waals surface area (Å²) < 4.78 is 26.8. The van der Waals surface area contributed by atoms with Crippen molar-refractivity contribution in [2.45, 2.75) is 31.1 Å². The van der Waals surface area contributed by atoms with Crippen LogP contribution in [0.3, 0.4) is 0 Å². The van der Waals surface area contributed by atoms with Gasteiger partial charge in [0.15, 0.2) is 5.82 Å². The van der Waals surface area contributed by atoms with Gasteiger partial charge in [-0.3, -0.25) is 0 Å². The number of rotatable bonds is 2. The largest absolute Gasteiger partial charge is 0.341 e. The number of aromatic nitrogens is 2. The number of fused-ring (bicyclic) bond motifs is 1. The van der Waals surface area contributed by atoms with E-state index in [1.54, 1.807) is 0 Å². The van der Waals surface area contributed by atoms with E-state index in [-0.39, 0.29) is 10.9 Å². The van der Waals surface area contributed by atoms with Gasteiger partial charge in [0.2, 0.25) is 0 Å². The van der Waals surface area contributed by atoms with Crippen molar-refractivity contribution >= 4 is 11.0 Å². The minimum absolute atomic E-state index is 0.193. The molecule has 2 aromatic rings. The Morgan fingerprint density at radius 3 is 2.67 bits per heavy atom. The van der Waals surface area contributed by atoms with E-state index >= 15 is 0 Å². The summed E-state index contributed by atoms with van der Waals surface area (Å²) >= 11 is 0. The van der Waals surface area contributed by atoms with Crippen LogP contribution in [0, 0.1) is 11.6 Å². The fourth-order valence-corrected chi connectivity index (χ4v) is 2.88. The highest BCUT2D eigenvalue weighted by molar-refractivity contribution is 5.76. The maximum atomic E-state index is 13.6. The molecule has 18 heavy (non-hydrogen) atoms. The second kappa shape index (κ2) is 4.02. The molecule has 96 valence electrons. The minimum Gasteiger partial charge on any atom is -0.341 e. The maximum Gasteiger partial charge on any atom is 0.153 e. The number of nitrogens with two attached hydrogens (primary N) is 1. The molecule has 0 atom stereocenters. The van der Waals surface area contributed by atoms with Gasteiger partial charge >= 0.3 is 0 Å². The Morgan fingerprint density at radius 2 is 2.00 bits per heavy atom. The van der Waals surface area contributed by atoms with Crippen LogP contribution in [-0.4, -0.2) is 16.5 Å². The lowest BCUT2D eigenvalue weighted by molar-refractivity contribution is 0.429. The van der Waals surface area contributed by atoms with Gasteiger partial charge in [0.1, 0.15) is 17.2 Å². The van der Waals surface area contributed by atoms with E-state index in [0.29, 0.717) is 17.9 Å². The summed E-state index contributed by atoms with van der Waals surface area (Å²) in [5, 5.41) is 0. The Labute approximate surface area is 103 Å². The molecule has 1 aliphatic rings. The van der Waals surface area contributed by atoms with Gasteiger partial charge in [-0.25, -0.2) is 13.8 Å². The topological polar surface area (TPSA) is 54.7 Å². The van der Waals surface area contributed by atoms with Crippen LogP contribution in [0.25, 0.3) is 11.0 Å². The Balaban J connectivity index is 2.16. The summed E-state index contributed by atoms with van der Waals surface area (Å²) in [6.45, 7) is 0.483. The number of nitrogens with one attached hydrogen (secondary N) is 1. The predicted molar refractivity (Wildman–Crippen MR) is 65.2 cm³/mol. The zero-order valence-corrected chi connectivity index (χ0v) is 9.97. The molecule has 0 bridgehead atoms. The molecule has 3 nitrogen and oxygen atoms in total. The molecule has 0 radical (unpaired) electrons. The zero-order valence-electron chi connectivity index (χ0n) is 9.97. The van der Waals surface area contributed by atoms with Crippen molar-refractivity contribution < 1.29 is 8.78 Å². The number of halogens is 2. The van der Waals surface area contributed by atoms with Crippen LogP contribution in [0.1, 0.15) is 31.5 Å². The second-order valence-corrected chi connectivity index (χ2v) is 5.06. The molecule has 3 N–H and O–H groups in total. The van der Waals surface area contributed by atoms with E-state index in [0.717, 1.165) is 31.7 Å². The summed E-state index contributed by atoms with van der Waals surface area (Å²) in [4.78, 5) is 7.34. The van der Waals surface area contributed by atoms with E-state index in [1.165, 1.54) is 6.07 Å². The quantitative estimate of drug-likeness (QED) is 0.862. The van der Waals surface area contributed by atoms with Crippen molar-refractivity contribution in [1.29, 1.82) is 0 Å². The monoisotopic (exact) mass is 251 g/mol. The van der Waals surface area contributed by atoms with Gasteiger partial charge in [0.25, 0.3) is 0 Å². The molecule has 0 amide bonds. The van der Waals surface area contributed by atoms with Crippen molar-refractivity contribution in [3.63, 3.8) is 0 Å². The molecule has 1 heterocycles. The number of hydrogen-bond donors (Lipinski definition) is 2. The van der Waals surface area contributed by atoms with Crippen LogP contribution in [0.4, 0.5) is 8.78 Å². The molecular formula is C13H15F2N3. The van der Waals surface area contributed by atoms with Crippen molar-refractivity contribution in [2.75, 3.05) is 6.54 Å². The van der Waals surface area contributed by atoms with Crippen molar-refractivity contribution in [3.05, 3.63) is 29.6 Å². The highest BCUT2D eigenvalue weighted by atomic mass is 19.1. The molecule has 0 saturated heterocycles. The fourth-order valence-electron chi connectivity index (χ4n) is 2.88. The van der Waals surface area contributed by atoms with Crippen LogP contribution in [0.2, 0.25) is 0 Å². The molecule has 0 unspecified atom stereocenters. The summed E-state index contributed by atoms with van der Waals surface area (Å²) in [5.41, 5.74) is 6.28. The SMILES string of the molecule is NCC1(c2nc3c(F)cc(F)cc3[nH]2)CCCC1. The van der Waals surface area contributed by atoms with E-state index in [4.69, 9.17) is 5.73 Å². The first-order chi connectivity index (χ1) is 8.64. The first-order valence-corrected chi connectivity index (χ1v) is 6.20. The first kappa shape index (κ1) is 11.6. The third kappa shape index (κ3) is 1.61. The maximum absolute atomic E-state index is 13.6. The van der Waals surface area contributed by atoms with Crippen molar-refractivity contribution in [3.8, 4) is 0 Å². The van der Waals surface area contributed by atoms with E-state index < -0.39 is 11.6 Å². The Bertz CT molecular complexity index is 585. The van der Waals surface area contributed by atoms with E-state index in [1.807, 2.05) is 0 Å². The Morgan fingerprint density at radius 1 is 1.28 bits per heavy atom. The van der Waals surface area contributed by atoms with Crippen LogP contribution in [0.15, 0.2) is 12.1 Å². The molecule has 5 heteroatoms. The molecule has 3 rings (SSSR count). The van der Waals surface area contributed by atoms with Gasteiger partial charge in [0.05, 0.1) is 5.52 Å². The van der Waals surface area contributed by atoms with Crippen LogP contribution >= 0.6 is 0 Å². The smallest absolute Gasteiger partial charge is 0.153 e. The van der Waals surface area contributed by atoms with Gasteiger partial charge < -0.3 is 10.7 Å². The molecular weight excluding hydrogens is 236 g/mol. The lowest BCUT2D eigenvalue weighted by Gasteiger charge is -2.24. The third-order valence-electron chi connectivity index (χ3n) is 3.96.